The molecule has 1 aliphatic carbocycles. The lowest BCUT2D eigenvalue weighted by Gasteiger charge is -2.28. The van der Waals surface area contributed by atoms with Crippen molar-refractivity contribution in [2.24, 2.45) is 0 Å². The summed E-state index contributed by atoms with van der Waals surface area (Å²) in [5.74, 6) is 1.73. The standard InChI is InChI=1S/C20H25N3O/c1-14-12-23-13-17(9-10-19(23)21-14)22-20(24)11-16-7-4-6-15-5-2-3-8-18(15)16/h2-3,5,8,12,16-17H,4,6-7,9-11,13H2,1H3,(H,22,24)/t16-,17+/m1/s1. The number of imidazole rings is 1. The third-order valence-corrected chi connectivity index (χ3v) is 5.40. The van der Waals surface area contributed by atoms with Crippen molar-refractivity contribution in [3.63, 3.8) is 0 Å². The molecule has 0 bridgehead atoms. The molecule has 0 unspecified atom stereocenters. The van der Waals surface area contributed by atoms with Crippen molar-refractivity contribution in [1.29, 1.82) is 0 Å². The summed E-state index contributed by atoms with van der Waals surface area (Å²) >= 11 is 0. The lowest BCUT2D eigenvalue weighted by Crippen LogP contribution is -2.41. The first kappa shape index (κ1) is 15.4. The Hall–Kier alpha value is -2.10. The Morgan fingerprint density at radius 1 is 1.29 bits per heavy atom. The molecule has 2 aromatic rings. The van der Waals surface area contributed by atoms with Crippen LogP contribution in [0.25, 0.3) is 0 Å². The van der Waals surface area contributed by atoms with Gasteiger partial charge in [0.05, 0.1) is 5.69 Å². The third kappa shape index (κ3) is 3.10. The highest BCUT2D eigenvalue weighted by atomic mass is 16.1. The molecule has 24 heavy (non-hydrogen) atoms. The summed E-state index contributed by atoms with van der Waals surface area (Å²) in [6.45, 7) is 2.88. The van der Waals surface area contributed by atoms with Gasteiger partial charge in [-0.2, -0.15) is 0 Å². The number of carbonyl (C=O) groups excluding carboxylic acids is 1. The third-order valence-electron chi connectivity index (χ3n) is 5.40. The average molecular weight is 323 g/mol. The predicted octanol–water partition coefficient (Wildman–Crippen LogP) is 3.13. The number of hydrogen-bond acceptors (Lipinski definition) is 2. The minimum atomic E-state index is 0.196. The van der Waals surface area contributed by atoms with E-state index in [-0.39, 0.29) is 11.9 Å². The molecule has 4 heteroatoms. The molecule has 0 fully saturated rings. The fourth-order valence-electron chi connectivity index (χ4n) is 4.28. The number of aromatic nitrogens is 2. The van der Waals surface area contributed by atoms with E-state index in [4.69, 9.17) is 0 Å². The number of nitrogens with one attached hydrogen (secondary N) is 1. The van der Waals surface area contributed by atoms with Gasteiger partial charge in [0.25, 0.3) is 0 Å². The van der Waals surface area contributed by atoms with E-state index in [1.807, 2.05) is 6.92 Å². The summed E-state index contributed by atoms with van der Waals surface area (Å²) in [6, 6.07) is 8.85. The van der Waals surface area contributed by atoms with Gasteiger partial charge >= 0.3 is 0 Å². The first-order valence-electron chi connectivity index (χ1n) is 9.09. The topological polar surface area (TPSA) is 46.9 Å². The van der Waals surface area contributed by atoms with E-state index in [9.17, 15) is 4.79 Å². The second kappa shape index (κ2) is 6.42. The molecule has 2 atom stereocenters. The highest BCUT2D eigenvalue weighted by molar-refractivity contribution is 5.77. The molecule has 4 rings (SSSR count). The Morgan fingerprint density at radius 3 is 3.08 bits per heavy atom. The zero-order chi connectivity index (χ0) is 16.5. The SMILES string of the molecule is Cc1cn2c(n1)CC[C@H](NC(=O)C[C@H]1CCCc3ccccc31)C2. The molecule has 0 radical (unpaired) electrons. The molecule has 1 aromatic carbocycles. The van der Waals surface area contributed by atoms with Crippen molar-refractivity contribution in [2.75, 3.05) is 0 Å². The summed E-state index contributed by atoms with van der Waals surface area (Å²) in [5.41, 5.74) is 3.88. The molecule has 2 aliphatic rings. The number of carbonyl (C=O) groups is 1. The van der Waals surface area contributed by atoms with Crippen LogP contribution in [0.3, 0.4) is 0 Å². The fraction of sp³-hybridized carbons (Fsp3) is 0.500. The maximum absolute atomic E-state index is 12.6. The summed E-state index contributed by atoms with van der Waals surface area (Å²) < 4.78 is 2.19. The van der Waals surface area contributed by atoms with Crippen LogP contribution in [0.2, 0.25) is 0 Å². The number of fused-ring (bicyclic) bond motifs is 2. The van der Waals surface area contributed by atoms with Crippen LogP contribution in [0.5, 0.6) is 0 Å². The quantitative estimate of drug-likeness (QED) is 0.943. The van der Waals surface area contributed by atoms with Crippen molar-refractivity contribution in [1.82, 2.24) is 14.9 Å². The number of rotatable bonds is 3. The first-order chi connectivity index (χ1) is 11.7. The molecule has 0 spiro atoms. The summed E-state index contributed by atoms with van der Waals surface area (Å²) in [7, 11) is 0. The van der Waals surface area contributed by atoms with Gasteiger partial charge < -0.3 is 9.88 Å². The predicted molar refractivity (Wildman–Crippen MR) is 94.0 cm³/mol. The van der Waals surface area contributed by atoms with Crippen molar-refractivity contribution in [3.8, 4) is 0 Å². The number of nitrogens with zero attached hydrogens (tertiary/aromatic N) is 2. The summed E-state index contributed by atoms with van der Waals surface area (Å²) in [4.78, 5) is 17.1. The largest absolute Gasteiger partial charge is 0.352 e. The number of hydrogen-bond donors (Lipinski definition) is 1. The van der Waals surface area contributed by atoms with Crippen LogP contribution < -0.4 is 5.32 Å². The van der Waals surface area contributed by atoms with Crippen molar-refractivity contribution in [2.45, 2.75) is 64.0 Å². The van der Waals surface area contributed by atoms with Crippen LogP contribution in [-0.4, -0.2) is 21.5 Å². The van der Waals surface area contributed by atoms with E-state index in [1.165, 1.54) is 17.5 Å². The molecule has 1 N–H and O–H groups in total. The molecule has 4 nitrogen and oxygen atoms in total. The van der Waals surface area contributed by atoms with Gasteiger partial charge in [-0.25, -0.2) is 4.98 Å². The molecule has 0 saturated carbocycles. The molecule has 2 heterocycles. The second-order valence-electron chi connectivity index (χ2n) is 7.25. The van der Waals surface area contributed by atoms with Crippen molar-refractivity contribution < 1.29 is 4.79 Å². The van der Waals surface area contributed by atoms with E-state index in [1.54, 1.807) is 0 Å². The van der Waals surface area contributed by atoms with Gasteiger partial charge in [0.15, 0.2) is 0 Å². The van der Waals surface area contributed by atoms with Crippen LogP contribution in [0, 0.1) is 6.92 Å². The lowest BCUT2D eigenvalue weighted by molar-refractivity contribution is -0.122. The minimum Gasteiger partial charge on any atom is -0.352 e. The maximum atomic E-state index is 12.6. The van der Waals surface area contributed by atoms with Crippen molar-refractivity contribution in [3.05, 3.63) is 53.1 Å². The van der Waals surface area contributed by atoms with E-state index in [2.05, 4.69) is 45.3 Å². The van der Waals surface area contributed by atoms with Gasteiger partial charge in [0.1, 0.15) is 5.82 Å². The van der Waals surface area contributed by atoms with Gasteiger partial charge in [0, 0.05) is 31.6 Å². The Bertz CT molecular complexity index is 749. The Morgan fingerprint density at radius 2 is 2.17 bits per heavy atom. The van der Waals surface area contributed by atoms with Crippen LogP contribution in [0.4, 0.5) is 0 Å². The number of aryl methyl sites for hydroxylation is 3. The monoisotopic (exact) mass is 323 g/mol. The highest BCUT2D eigenvalue weighted by Crippen LogP contribution is 2.33. The van der Waals surface area contributed by atoms with Gasteiger partial charge in [-0.05, 0) is 49.7 Å². The van der Waals surface area contributed by atoms with E-state index < -0.39 is 0 Å². The fourth-order valence-corrected chi connectivity index (χ4v) is 4.28. The van der Waals surface area contributed by atoms with Gasteiger partial charge in [-0.1, -0.05) is 24.3 Å². The zero-order valence-corrected chi connectivity index (χ0v) is 14.3. The maximum Gasteiger partial charge on any atom is 0.220 e. The molecule has 0 saturated heterocycles. The number of amides is 1. The van der Waals surface area contributed by atoms with Crippen molar-refractivity contribution >= 4 is 5.91 Å². The van der Waals surface area contributed by atoms with Crippen LogP contribution >= 0.6 is 0 Å². The molecular weight excluding hydrogens is 298 g/mol. The first-order valence-corrected chi connectivity index (χ1v) is 9.09. The Balaban J connectivity index is 1.38. The van der Waals surface area contributed by atoms with Crippen LogP contribution in [0.15, 0.2) is 30.5 Å². The van der Waals surface area contributed by atoms with E-state index in [0.29, 0.717) is 12.3 Å². The van der Waals surface area contributed by atoms with Crippen LogP contribution in [0.1, 0.15) is 54.2 Å². The van der Waals surface area contributed by atoms with E-state index >= 15 is 0 Å². The van der Waals surface area contributed by atoms with Gasteiger partial charge in [-0.15, -0.1) is 0 Å². The van der Waals surface area contributed by atoms with Gasteiger partial charge in [-0.3, -0.25) is 4.79 Å². The molecular formula is C20H25N3O. The summed E-state index contributed by atoms with van der Waals surface area (Å²) in [5, 5.41) is 3.26. The minimum absolute atomic E-state index is 0.196. The lowest BCUT2D eigenvalue weighted by atomic mass is 9.81. The molecule has 126 valence electrons. The smallest absolute Gasteiger partial charge is 0.220 e. The highest BCUT2D eigenvalue weighted by Gasteiger charge is 2.25. The molecule has 1 aliphatic heterocycles. The Kier molecular flexibility index (Phi) is 4.13. The van der Waals surface area contributed by atoms with Gasteiger partial charge in [0.2, 0.25) is 5.91 Å². The number of benzene rings is 1. The Labute approximate surface area is 143 Å². The molecule has 1 amide bonds. The van der Waals surface area contributed by atoms with E-state index in [0.717, 1.165) is 43.7 Å². The molecule has 1 aromatic heterocycles. The normalized spacial score (nSPS) is 22.5. The van der Waals surface area contributed by atoms with Crippen LogP contribution in [-0.2, 0) is 24.2 Å². The second-order valence-corrected chi connectivity index (χ2v) is 7.25. The summed E-state index contributed by atoms with van der Waals surface area (Å²) in [6.07, 6.45) is 8.11. The average Bonchev–Trinajstić information content (AvgIpc) is 2.94. The zero-order valence-electron chi connectivity index (χ0n) is 14.3.